The molecular formula is C22H16ClFN4O4. The normalized spacial score (nSPS) is 11.4. The van der Waals surface area contributed by atoms with E-state index in [-0.39, 0.29) is 16.5 Å². The third-order valence-electron chi connectivity index (χ3n) is 4.94. The number of rotatable bonds is 5. The summed E-state index contributed by atoms with van der Waals surface area (Å²) in [6.45, 7) is 3.74. The highest BCUT2D eigenvalue weighted by Gasteiger charge is 2.15. The molecule has 1 N–H and O–H groups in total. The quantitative estimate of drug-likeness (QED) is 0.251. The molecule has 1 amide bonds. The summed E-state index contributed by atoms with van der Waals surface area (Å²) in [5, 5.41) is 15.3. The van der Waals surface area contributed by atoms with Crippen LogP contribution in [0.4, 0.5) is 10.1 Å². The lowest BCUT2D eigenvalue weighted by atomic mass is 10.2. The Hall–Kier alpha value is -3.98. The van der Waals surface area contributed by atoms with E-state index < -0.39 is 16.6 Å². The number of aryl methyl sites for hydroxylation is 1. The largest absolute Gasteiger partial charge is 0.451 e. The molecule has 0 aliphatic rings. The molecular weight excluding hydrogens is 439 g/mol. The van der Waals surface area contributed by atoms with E-state index in [1.54, 1.807) is 6.07 Å². The van der Waals surface area contributed by atoms with Crippen molar-refractivity contribution in [1.82, 2.24) is 9.99 Å². The van der Waals surface area contributed by atoms with E-state index >= 15 is 0 Å². The second kappa shape index (κ2) is 8.27. The number of amides is 1. The molecule has 0 saturated heterocycles. The van der Waals surface area contributed by atoms with Crippen molar-refractivity contribution in [1.29, 1.82) is 0 Å². The Balaban J connectivity index is 1.53. The van der Waals surface area contributed by atoms with Gasteiger partial charge in [-0.05, 0) is 50.2 Å². The first-order valence-corrected chi connectivity index (χ1v) is 9.78. The van der Waals surface area contributed by atoms with Gasteiger partial charge >= 0.3 is 5.91 Å². The van der Waals surface area contributed by atoms with Gasteiger partial charge in [-0.2, -0.15) is 5.10 Å². The zero-order valence-electron chi connectivity index (χ0n) is 16.9. The van der Waals surface area contributed by atoms with Crippen molar-refractivity contribution in [2.45, 2.75) is 13.8 Å². The monoisotopic (exact) mass is 454 g/mol. The van der Waals surface area contributed by atoms with Gasteiger partial charge in [-0.25, -0.2) is 9.82 Å². The lowest BCUT2D eigenvalue weighted by molar-refractivity contribution is -0.384. The number of nitrogens with zero attached hydrogens (tertiary/aromatic N) is 3. The molecule has 32 heavy (non-hydrogen) atoms. The molecule has 8 nitrogen and oxygen atoms in total. The molecule has 4 aromatic rings. The number of aromatic nitrogens is 1. The van der Waals surface area contributed by atoms with Crippen molar-refractivity contribution in [3.63, 3.8) is 0 Å². The molecule has 2 heterocycles. The van der Waals surface area contributed by atoms with E-state index in [0.29, 0.717) is 16.7 Å². The number of furan rings is 1. The van der Waals surface area contributed by atoms with Crippen LogP contribution in [0.5, 0.6) is 0 Å². The topological polar surface area (TPSA) is 103 Å². The van der Waals surface area contributed by atoms with Gasteiger partial charge in [0.2, 0.25) is 0 Å². The van der Waals surface area contributed by atoms with Crippen LogP contribution >= 0.6 is 11.6 Å². The number of halogens is 2. The highest BCUT2D eigenvalue weighted by Crippen LogP contribution is 2.25. The van der Waals surface area contributed by atoms with E-state index in [9.17, 15) is 19.3 Å². The van der Waals surface area contributed by atoms with Gasteiger partial charge in [0.25, 0.3) is 5.69 Å². The summed E-state index contributed by atoms with van der Waals surface area (Å²) in [6.07, 6.45) is 1.48. The Kier molecular flexibility index (Phi) is 5.50. The van der Waals surface area contributed by atoms with Gasteiger partial charge < -0.3 is 8.98 Å². The standard InChI is InChI=1S/C22H16ClFN4O4/c1-12-7-15(13(2)27(12)16-3-5-19(24)18(23)10-16)11-25-26-22(29)21-9-14-8-17(28(30)31)4-6-20(14)32-21/h3-11H,1-2H3,(H,26,29)/b25-11-. The number of non-ortho nitro benzene ring substituents is 1. The maximum absolute atomic E-state index is 13.5. The van der Waals surface area contributed by atoms with Gasteiger partial charge in [-0.15, -0.1) is 0 Å². The second-order valence-electron chi connectivity index (χ2n) is 7.05. The van der Waals surface area contributed by atoms with Crippen LogP contribution in [0.25, 0.3) is 16.7 Å². The van der Waals surface area contributed by atoms with E-state index in [2.05, 4.69) is 10.5 Å². The number of nitrogens with one attached hydrogen (secondary N) is 1. The van der Waals surface area contributed by atoms with Crippen molar-refractivity contribution in [2.24, 2.45) is 5.10 Å². The third-order valence-corrected chi connectivity index (χ3v) is 5.23. The summed E-state index contributed by atoms with van der Waals surface area (Å²) >= 11 is 5.90. The molecule has 0 radical (unpaired) electrons. The molecule has 0 bridgehead atoms. The van der Waals surface area contributed by atoms with Gasteiger partial charge in [0, 0.05) is 40.2 Å². The molecule has 162 valence electrons. The molecule has 4 rings (SSSR count). The molecule has 2 aromatic carbocycles. The fourth-order valence-corrected chi connectivity index (χ4v) is 3.59. The Bertz CT molecular complexity index is 1410. The Morgan fingerprint density at radius 2 is 2.00 bits per heavy atom. The van der Waals surface area contributed by atoms with E-state index in [0.717, 1.165) is 17.0 Å². The average molecular weight is 455 g/mol. The molecule has 0 atom stereocenters. The number of nitro benzene ring substituents is 1. The van der Waals surface area contributed by atoms with Crippen LogP contribution in [0.3, 0.4) is 0 Å². The van der Waals surface area contributed by atoms with Gasteiger partial charge in [0.15, 0.2) is 5.76 Å². The fraction of sp³-hybridized carbons (Fsp3) is 0.0909. The maximum Gasteiger partial charge on any atom is 0.307 e. The minimum absolute atomic E-state index is 0.0219. The number of hydrogen-bond donors (Lipinski definition) is 1. The van der Waals surface area contributed by atoms with E-state index in [4.69, 9.17) is 16.0 Å². The lowest BCUT2D eigenvalue weighted by Crippen LogP contribution is -2.16. The van der Waals surface area contributed by atoms with Crippen LogP contribution in [-0.2, 0) is 0 Å². The van der Waals surface area contributed by atoms with Crippen LogP contribution in [0.15, 0.2) is 58.0 Å². The van der Waals surface area contributed by atoms with Gasteiger partial charge in [0.1, 0.15) is 11.4 Å². The molecule has 0 fully saturated rings. The lowest BCUT2D eigenvalue weighted by Gasteiger charge is -2.10. The van der Waals surface area contributed by atoms with Crippen molar-refractivity contribution in [3.8, 4) is 5.69 Å². The number of nitro groups is 1. The zero-order valence-corrected chi connectivity index (χ0v) is 17.7. The molecule has 10 heteroatoms. The minimum atomic E-state index is -0.598. The summed E-state index contributed by atoms with van der Waals surface area (Å²) in [4.78, 5) is 22.7. The fourth-order valence-electron chi connectivity index (χ4n) is 3.41. The van der Waals surface area contributed by atoms with Crippen LogP contribution in [0, 0.1) is 29.8 Å². The van der Waals surface area contributed by atoms with Crippen LogP contribution in [0.2, 0.25) is 5.02 Å². The summed E-state index contributed by atoms with van der Waals surface area (Å²) in [6, 6.07) is 11.8. The molecule has 0 aliphatic heterocycles. The summed E-state index contributed by atoms with van der Waals surface area (Å²) in [5.74, 6) is -1.12. The molecule has 2 aromatic heterocycles. The van der Waals surface area contributed by atoms with Gasteiger partial charge in [-0.3, -0.25) is 14.9 Å². The number of fused-ring (bicyclic) bond motifs is 1. The van der Waals surface area contributed by atoms with Crippen LogP contribution < -0.4 is 5.43 Å². The summed E-state index contributed by atoms with van der Waals surface area (Å²) in [7, 11) is 0. The van der Waals surface area contributed by atoms with Crippen LogP contribution in [0.1, 0.15) is 27.5 Å². The molecule has 0 saturated carbocycles. The maximum atomic E-state index is 13.5. The Labute approximate surface area is 186 Å². The molecule has 0 aliphatic carbocycles. The Morgan fingerprint density at radius 3 is 2.72 bits per heavy atom. The van der Waals surface area contributed by atoms with E-state index in [1.807, 2.05) is 24.5 Å². The second-order valence-corrected chi connectivity index (χ2v) is 7.46. The highest BCUT2D eigenvalue weighted by atomic mass is 35.5. The predicted molar refractivity (Wildman–Crippen MR) is 118 cm³/mol. The summed E-state index contributed by atoms with van der Waals surface area (Å²) < 4.78 is 20.8. The average Bonchev–Trinajstić information content (AvgIpc) is 3.30. The molecule has 0 spiro atoms. The first-order valence-electron chi connectivity index (χ1n) is 9.40. The molecule has 0 unspecified atom stereocenters. The van der Waals surface area contributed by atoms with Gasteiger partial charge in [-0.1, -0.05) is 11.6 Å². The first kappa shape index (κ1) is 21.3. The van der Waals surface area contributed by atoms with E-state index in [1.165, 1.54) is 42.6 Å². The van der Waals surface area contributed by atoms with Crippen molar-refractivity contribution < 1.29 is 18.5 Å². The number of carbonyl (C=O) groups excluding carboxylic acids is 1. The number of hydrogen-bond acceptors (Lipinski definition) is 5. The number of carbonyl (C=O) groups is 1. The van der Waals surface area contributed by atoms with Crippen LogP contribution in [-0.4, -0.2) is 21.6 Å². The SMILES string of the molecule is Cc1cc(/C=N\NC(=O)c2cc3cc([N+](=O)[O-])ccc3o2)c(C)n1-c1ccc(F)c(Cl)c1. The van der Waals surface area contributed by atoms with Crippen molar-refractivity contribution in [2.75, 3.05) is 0 Å². The Morgan fingerprint density at radius 1 is 1.22 bits per heavy atom. The van der Waals surface area contributed by atoms with Gasteiger partial charge in [0.05, 0.1) is 16.2 Å². The third kappa shape index (κ3) is 3.97. The number of hydrazone groups is 1. The minimum Gasteiger partial charge on any atom is -0.451 e. The zero-order chi connectivity index (χ0) is 23.0. The first-order chi connectivity index (χ1) is 15.2. The number of benzene rings is 2. The predicted octanol–water partition coefficient (Wildman–Crippen LogP) is 5.30. The summed E-state index contributed by atoms with van der Waals surface area (Å²) in [5.41, 5.74) is 5.77. The highest BCUT2D eigenvalue weighted by molar-refractivity contribution is 6.30. The van der Waals surface area contributed by atoms with Crippen molar-refractivity contribution >= 4 is 40.4 Å². The van der Waals surface area contributed by atoms with Crippen molar-refractivity contribution in [3.05, 3.63) is 92.2 Å². The smallest absolute Gasteiger partial charge is 0.307 e.